The fourth-order valence-corrected chi connectivity index (χ4v) is 3.29. The van der Waals surface area contributed by atoms with E-state index in [-0.39, 0.29) is 24.5 Å². The molecule has 2 aliphatic rings. The van der Waals surface area contributed by atoms with Crippen molar-refractivity contribution in [3.8, 4) is 0 Å². The maximum atomic E-state index is 12.6. The van der Waals surface area contributed by atoms with Crippen LogP contribution in [0.25, 0.3) is 0 Å². The van der Waals surface area contributed by atoms with E-state index in [1.54, 1.807) is 11.1 Å². The molecule has 2 fully saturated rings. The maximum absolute atomic E-state index is 12.6. The standard InChI is InChI=1S/C17H23N3O3/c1-12-3-4-14(18-8-12)7-16(21)20-6-5-13-10-23-11-17(22)19(2)15(13)9-20/h3-4,8,13,15H,5-7,9-11H2,1-2H3/t13-,15-/m0/s1. The quantitative estimate of drug-likeness (QED) is 0.803. The summed E-state index contributed by atoms with van der Waals surface area (Å²) in [5, 5.41) is 0. The highest BCUT2D eigenvalue weighted by molar-refractivity contribution is 5.79. The lowest BCUT2D eigenvalue weighted by Crippen LogP contribution is -2.54. The van der Waals surface area contributed by atoms with Crippen LogP contribution >= 0.6 is 0 Å². The van der Waals surface area contributed by atoms with Crippen LogP contribution in [-0.4, -0.2) is 66.0 Å². The van der Waals surface area contributed by atoms with Gasteiger partial charge >= 0.3 is 0 Å². The molecule has 0 spiro atoms. The summed E-state index contributed by atoms with van der Waals surface area (Å²) in [5.41, 5.74) is 1.87. The van der Waals surface area contributed by atoms with Gasteiger partial charge < -0.3 is 14.5 Å². The molecule has 2 saturated heterocycles. The van der Waals surface area contributed by atoms with Crippen molar-refractivity contribution in [1.82, 2.24) is 14.8 Å². The Morgan fingerprint density at radius 2 is 2.26 bits per heavy atom. The van der Waals surface area contributed by atoms with E-state index in [0.717, 1.165) is 24.2 Å². The van der Waals surface area contributed by atoms with Crippen LogP contribution in [0.5, 0.6) is 0 Å². The number of piperidine rings is 1. The van der Waals surface area contributed by atoms with Crippen LogP contribution in [0.4, 0.5) is 0 Å². The Balaban J connectivity index is 1.66. The van der Waals surface area contributed by atoms with Gasteiger partial charge in [0.25, 0.3) is 0 Å². The molecule has 0 aromatic carbocycles. The van der Waals surface area contributed by atoms with Gasteiger partial charge in [-0.25, -0.2) is 0 Å². The first kappa shape index (κ1) is 15.9. The van der Waals surface area contributed by atoms with Crippen LogP contribution in [0.2, 0.25) is 0 Å². The highest BCUT2D eigenvalue weighted by atomic mass is 16.5. The summed E-state index contributed by atoms with van der Waals surface area (Å²) < 4.78 is 5.44. The van der Waals surface area contributed by atoms with E-state index in [2.05, 4.69) is 4.98 Å². The number of likely N-dealkylation sites (tertiary alicyclic amines) is 1. The SMILES string of the molecule is Cc1ccc(CC(=O)N2CC[C@H]3COCC(=O)N(C)[C@H]3C2)nc1. The summed E-state index contributed by atoms with van der Waals surface area (Å²) in [7, 11) is 1.81. The highest BCUT2D eigenvalue weighted by Crippen LogP contribution is 2.25. The van der Waals surface area contributed by atoms with Crippen LogP contribution in [0.1, 0.15) is 17.7 Å². The second-order valence-electron chi connectivity index (χ2n) is 6.48. The van der Waals surface area contributed by atoms with E-state index < -0.39 is 0 Å². The number of fused-ring (bicyclic) bond motifs is 1. The molecule has 1 aromatic rings. The topological polar surface area (TPSA) is 62.7 Å². The fourth-order valence-electron chi connectivity index (χ4n) is 3.29. The number of hydrogen-bond donors (Lipinski definition) is 0. The van der Waals surface area contributed by atoms with Crippen LogP contribution < -0.4 is 0 Å². The van der Waals surface area contributed by atoms with Crippen molar-refractivity contribution in [1.29, 1.82) is 0 Å². The molecule has 6 heteroatoms. The molecule has 0 bridgehead atoms. The third-order valence-corrected chi connectivity index (χ3v) is 4.83. The summed E-state index contributed by atoms with van der Waals surface area (Å²) in [6.45, 7) is 4.02. The molecule has 3 heterocycles. The molecule has 2 aliphatic heterocycles. The van der Waals surface area contributed by atoms with E-state index in [4.69, 9.17) is 4.74 Å². The molecule has 0 unspecified atom stereocenters. The van der Waals surface area contributed by atoms with Gasteiger partial charge in [-0.15, -0.1) is 0 Å². The van der Waals surface area contributed by atoms with E-state index in [0.29, 0.717) is 25.5 Å². The smallest absolute Gasteiger partial charge is 0.248 e. The Kier molecular flexibility index (Phi) is 4.61. The Morgan fingerprint density at radius 3 is 3.00 bits per heavy atom. The first-order chi connectivity index (χ1) is 11.0. The number of rotatable bonds is 2. The summed E-state index contributed by atoms with van der Waals surface area (Å²) in [6, 6.07) is 3.92. The monoisotopic (exact) mass is 317 g/mol. The number of amides is 2. The molecule has 23 heavy (non-hydrogen) atoms. The van der Waals surface area contributed by atoms with Gasteiger partial charge in [0.05, 0.1) is 19.1 Å². The minimum Gasteiger partial charge on any atom is -0.371 e. The molecule has 0 N–H and O–H groups in total. The van der Waals surface area contributed by atoms with E-state index in [1.807, 2.05) is 31.0 Å². The summed E-state index contributed by atoms with van der Waals surface area (Å²) in [6.07, 6.45) is 2.96. The molecule has 0 radical (unpaired) electrons. The molecule has 2 atom stereocenters. The zero-order chi connectivity index (χ0) is 16.4. The number of nitrogens with zero attached hydrogens (tertiary/aromatic N) is 3. The maximum Gasteiger partial charge on any atom is 0.248 e. The number of aryl methyl sites for hydroxylation is 1. The van der Waals surface area contributed by atoms with Crippen molar-refractivity contribution in [2.45, 2.75) is 25.8 Å². The fraction of sp³-hybridized carbons (Fsp3) is 0.588. The van der Waals surface area contributed by atoms with Gasteiger partial charge in [-0.05, 0) is 25.0 Å². The number of aromatic nitrogens is 1. The first-order valence-corrected chi connectivity index (χ1v) is 8.07. The minimum absolute atomic E-state index is 0.00741. The number of carbonyl (C=O) groups excluding carboxylic acids is 2. The number of likely N-dealkylation sites (N-methyl/N-ethyl adjacent to an activating group) is 1. The molecule has 3 rings (SSSR count). The lowest BCUT2D eigenvalue weighted by Gasteiger charge is -2.41. The number of ether oxygens (including phenoxy) is 1. The second kappa shape index (κ2) is 6.66. The summed E-state index contributed by atoms with van der Waals surface area (Å²) in [4.78, 5) is 32.4. The van der Waals surface area contributed by atoms with Crippen molar-refractivity contribution in [2.75, 3.05) is 33.4 Å². The molecule has 124 valence electrons. The molecular weight excluding hydrogens is 294 g/mol. The minimum atomic E-state index is -0.00741. The predicted molar refractivity (Wildman–Crippen MR) is 84.7 cm³/mol. The highest BCUT2D eigenvalue weighted by Gasteiger charge is 2.37. The number of hydrogen-bond acceptors (Lipinski definition) is 4. The molecule has 1 aromatic heterocycles. The average molecular weight is 317 g/mol. The Bertz CT molecular complexity index is 587. The van der Waals surface area contributed by atoms with Gasteiger partial charge in [0.1, 0.15) is 6.61 Å². The molecular formula is C17H23N3O3. The number of pyridine rings is 1. The lowest BCUT2D eigenvalue weighted by molar-refractivity contribution is -0.139. The largest absolute Gasteiger partial charge is 0.371 e. The van der Waals surface area contributed by atoms with Gasteiger partial charge in [-0.2, -0.15) is 0 Å². The first-order valence-electron chi connectivity index (χ1n) is 8.07. The van der Waals surface area contributed by atoms with E-state index in [9.17, 15) is 9.59 Å². The van der Waals surface area contributed by atoms with Gasteiger partial charge in [-0.3, -0.25) is 14.6 Å². The number of carbonyl (C=O) groups is 2. The molecule has 0 saturated carbocycles. The third-order valence-electron chi connectivity index (χ3n) is 4.83. The van der Waals surface area contributed by atoms with E-state index in [1.165, 1.54) is 0 Å². The van der Waals surface area contributed by atoms with Crippen LogP contribution in [-0.2, 0) is 20.7 Å². The lowest BCUT2D eigenvalue weighted by atomic mass is 9.91. The zero-order valence-corrected chi connectivity index (χ0v) is 13.7. The van der Waals surface area contributed by atoms with Crippen molar-refractivity contribution in [3.05, 3.63) is 29.6 Å². The van der Waals surface area contributed by atoms with Crippen molar-refractivity contribution < 1.29 is 14.3 Å². The van der Waals surface area contributed by atoms with Gasteiger partial charge in [0.15, 0.2) is 0 Å². The van der Waals surface area contributed by atoms with Crippen LogP contribution in [0.3, 0.4) is 0 Å². The summed E-state index contributed by atoms with van der Waals surface area (Å²) in [5.74, 6) is 0.380. The Labute approximate surface area is 136 Å². The van der Waals surface area contributed by atoms with Gasteiger partial charge in [0.2, 0.25) is 11.8 Å². The predicted octanol–water partition coefficient (Wildman–Crippen LogP) is 0.638. The normalized spacial score (nSPS) is 25.0. The molecule has 0 aliphatic carbocycles. The van der Waals surface area contributed by atoms with E-state index >= 15 is 0 Å². The van der Waals surface area contributed by atoms with Crippen molar-refractivity contribution in [3.63, 3.8) is 0 Å². The Morgan fingerprint density at radius 1 is 1.43 bits per heavy atom. The molecule has 6 nitrogen and oxygen atoms in total. The Hall–Kier alpha value is -1.95. The second-order valence-corrected chi connectivity index (χ2v) is 6.48. The van der Waals surface area contributed by atoms with Crippen molar-refractivity contribution in [2.24, 2.45) is 5.92 Å². The van der Waals surface area contributed by atoms with Gasteiger partial charge in [-0.1, -0.05) is 6.07 Å². The van der Waals surface area contributed by atoms with Crippen molar-refractivity contribution >= 4 is 11.8 Å². The van der Waals surface area contributed by atoms with Crippen LogP contribution in [0, 0.1) is 12.8 Å². The van der Waals surface area contributed by atoms with Gasteiger partial charge in [0, 0.05) is 37.9 Å². The summed E-state index contributed by atoms with van der Waals surface area (Å²) >= 11 is 0. The molecule has 2 amide bonds. The third kappa shape index (κ3) is 3.52. The zero-order valence-electron chi connectivity index (χ0n) is 13.7. The average Bonchev–Trinajstić information content (AvgIpc) is 2.69. The van der Waals surface area contributed by atoms with Crippen LogP contribution in [0.15, 0.2) is 18.3 Å².